The molecule has 0 saturated heterocycles. The van der Waals surface area contributed by atoms with E-state index >= 15 is 0 Å². The summed E-state index contributed by atoms with van der Waals surface area (Å²) in [5, 5.41) is 9.69. The largest absolute Gasteiger partial charge is 0.462 e. The van der Waals surface area contributed by atoms with Crippen LogP contribution in [0.5, 0.6) is 0 Å². The first kappa shape index (κ1) is 71.9. The molecule has 1 unspecified atom stereocenters. The Balaban J connectivity index is 3.34. The molecule has 0 aromatic rings. The van der Waals surface area contributed by atoms with Gasteiger partial charge in [0.05, 0.1) is 6.61 Å². The molecule has 1 atom stereocenters. The molecule has 0 saturated carbocycles. The quantitative estimate of drug-likeness (QED) is 0.0485. The average Bonchev–Trinajstić information content (AvgIpc) is 3.39. The van der Waals surface area contributed by atoms with Gasteiger partial charge < -0.3 is 14.6 Å². The first-order valence-corrected chi connectivity index (χ1v) is 34.1. The maximum absolute atomic E-state index is 12.3. The van der Waals surface area contributed by atoms with Crippen LogP contribution in [-0.2, 0) is 19.1 Å². The lowest BCUT2D eigenvalue weighted by Crippen LogP contribution is -2.28. The van der Waals surface area contributed by atoms with E-state index in [0.717, 1.165) is 32.1 Å². The highest BCUT2D eigenvalue weighted by Crippen LogP contribution is 2.20. The van der Waals surface area contributed by atoms with Gasteiger partial charge in [-0.25, -0.2) is 0 Å². The molecule has 0 amide bonds. The van der Waals surface area contributed by atoms with E-state index in [2.05, 4.69) is 13.8 Å². The minimum Gasteiger partial charge on any atom is -0.462 e. The van der Waals surface area contributed by atoms with Gasteiger partial charge in [0, 0.05) is 12.8 Å². The van der Waals surface area contributed by atoms with Gasteiger partial charge in [-0.15, -0.1) is 0 Å². The molecular formula is C68H134O5. The van der Waals surface area contributed by atoms with E-state index in [1.807, 2.05) is 0 Å². The third-order valence-corrected chi connectivity index (χ3v) is 16.2. The normalized spacial score (nSPS) is 12.0. The lowest BCUT2D eigenvalue weighted by Gasteiger charge is -2.15. The van der Waals surface area contributed by atoms with Crippen molar-refractivity contribution in [3.63, 3.8) is 0 Å². The Bertz CT molecular complexity index is 1030. The number of unbranched alkanes of at least 4 members (excludes halogenated alkanes) is 57. The van der Waals surface area contributed by atoms with E-state index in [4.69, 9.17) is 9.47 Å². The minimum atomic E-state index is -0.765. The predicted octanol–water partition coefficient (Wildman–Crippen LogP) is 23.3. The zero-order valence-corrected chi connectivity index (χ0v) is 50.2. The molecule has 0 aliphatic rings. The summed E-state index contributed by atoms with van der Waals surface area (Å²) in [5.41, 5.74) is 0. The number of esters is 2. The molecular weight excluding hydrogens is 897 g/mol. The highest BCUT2D eigenvalue weighted by atomic mass is 16.6. The van der Waals surface area contributed by atoms with Crippen LogP contribution in [-0.4, -0.2) is 36.4 Å². The Hall–Kier alpha value is -1.10. The Morgan fingerprint density at radius 1 is 0.260 bits per heavy atom. The smallest absolute Gasteiger partial charge is 0.306 e. The summed E-state index contributed by atoms with van der Waals surface area (Å²) in [4.78, 5) is 24.6. The average molecular weight is 1030 g/mol. The van der Waals surface area contributed by atoms with Crippen molar-refractivity contribution in [1.29, 1.82) is 0 Å². The summed E-state index contributed by atoms with van der Waals surface area (Å²) in [7, 11) is 0. The summed E-state index contributed by atoms with van der Waals surface area (Å²) in [6.07, 6.45) is 81.5. The Kier molecular flexibility index (Phi) is 64.2. The lowest BCUT2D eigenvalue weighted by atomic mass is 10.0. The second-order valence-corrected chi connectivity index (χ2v) is 23.6. The number of hydrogen-bond acceptors (Lipinski definition) is 5. The van der Waals surface area contributed by atoms with Crippen LogP contribution >= 0.6 is 0 Å². The van der Waals surface area contributed by atoms with E-state index in [1.165, 1.54) is 347 Å². The van der Waals surface area contributed by atoms with Crippen molar-refractivity contribution in [1.82, 2.24) is 0 Å². The summed E-state index contributed by atoms with van der Waals surface area (Å²) in [6.45, 7) is 4.22. The molecule has 73 heavy (non-hydrogen) atoms. The van der Waals surface area contributed by atoms with Gasteiger partial charge in [-0.1, -0.05) is 380 Å². The Labute approximate surface area is 459 Å². The topological polar surface area (TPSA) is 72.8 Å². The zero-order valence-electron chi connectivity index (χ0n) is 50.2. The second kappa shape index (κ2) is 65.2. The summed E-state index contributed by atoms with van der Waals surface area (Å²) in [6, 6.07) is 0. The highest BCUT2D eigenvalue weighted by Gasteiger charge is 2.16. The van der Waals surface area contributed by atoms with Gasteiger partial charge >= 0.3 is 11.9 Å². The van der Waals surface area contributed by atoms with Gasteiger partial charge in [-0.3, -0.25) is 9.59 Å². The molecule has 1 N–H and O–H groups in total. The van der Waals surface area contributed by atoms with E-state index in [0.29, 0.717) is 12.8 Å². The summed E-state index contributed by atoms with van der Waals surface area (Å²) >= 11 is 0. The maximum Gasteiger partial charge on any atom is 0.306 e. The number of aliphatic hydroxyl groups is 1. The molecule has 0 aromatic heterocycles. The van der Waals surface area contributed by atoms with Gasteiger partial charge in [0.2, 0.25) is 0 Å². The van der Waals surface area contributed by atoms with Gasteiger partial charge in [0.15, 0.2) is 6.10 Å². The zero-order chi connectivity index (χ0) is 52.7. The fourth-order valence-corrected chi connectivity index (χ4v) is 11.0. The van der Waals surface area contributed by atoms with Gasteiger partial charge in [0.1, 0.15) is 6.61 Å². The van der Waals surface area contributed by atoms with Gasteiger partial charge in [-0.05, 0) is 12.8 Å². The Morgan fingerprint density at radius 2 is 0.425 bits per heavy atom. The van der Waals surface area contributed by atoms with E-state index in [1.54, 1.807) is 0 Å². The number of carbonyl (C=O) groups is 2. The van der Waals surface area contributed by atoms with Crippen molar-refractivity contribution in [2.45, 2.75) is 412 Å². The minimum absolute atomic E-state index is 0.0554. The number of hydrogen-bond donors (Lipinski definition) is 1. The van der Waals surface area contributed by atoms with Crippen molar-refractivity contribution in [2.75, 3.05) is 13.2 Å². The molecule has 0 heterocycles. The standard InChI is InChI=1S/C68H134O5/c1-3-5-7-9-11-13-15-17-19-21-23-25-27-28-29-30-31-32-33-34-35-36-37-38-39-41-43-45-47-49-51-53-55-57-59-61-63-68(71)73-66(64-69)65-72-67(70)62-60-58-56-54-52-50-48-46-44-42-40-26-24-22-20-18-16-14-12-10-8-6-4-2/h66,69H,3-65H2,1-2H3. The predicted molar refractivity (Wildman–Crippen MR) is 321 cm³/mol. The molecule has 0 aliphatic carbocycles. The van der Waals surface area contributed by atoms with Crippen molar-refractivity contribution in [3.8, 4) is 0 Å². The number of aliphatic hydroxyl groups excluding tert-OH is 1. The molecule has 0 radical (unpaired) electrons. The molecule has 0 aromatic carbocycles. The van der Waals surface area contributed by atoms with Crippen LogP contribution in [0.4, 0.5) is 0 Å². The molecule has 0 spiro atoms. The first-order chi connectivity index (χ1) is 36.1. The van der Waals surface area contributed by atoms with Crippen LogP contribution in [0, 0.1) is 0 Å². The molecule has 5 heteroatoms. The third kappa shape index (κ3) is 63.3. The maximum atomic E-state index is 12.3. The van der Waals surface area contributed by atoms with Crippen LogP contribution in [0.3, 0.4) is 0 Å². The van der Waals surface area contributed by atoms with E-state index in [-0.39, 0.29) is 25.2 Å². The molecule has 0 bridgehead atoms. The second-order valence-electron chi connectivity index (χ2n) is 23.6. The van der Waals surface area contributed by atoms with Crippen molar-refractivity contribution >= 4 is 11.9 Å². The molecule has 5 nitrogen and oxygen atoms in total. The van der Waals surface area contributed by atoms with E-state index < -0.39 is 6.10 Å². The van der Waals surface area contributed by atoms with Crippen molar-refractivity contribution in [3.05, 3.63) is 0 Å². The van der Waals surface area contributed by atoms with Crippen LogP contribution in [0.1, 0.15) is 406 Å². The lowest BCUT2D eigenvalue weighted by molar-refractivity contribution is -0.161. The van der Waals surface area contributed by atoms with Crippen LogP contribution in [0.15, 0.2) is 0 Å². The summed E-state index contributed by atoms with van der Waals surface area (Å²) in [5.74, 6) is -0.559. The SMILES string of the molecule is CCCCCCCCCCCCCCCCCCCCCCCCCCCCCCCCCCCCCCC(=O)OC(CO)COC(=O)CCCCCCCCCCCCCCCCCCCCCCCCC. The molecule has 436 valence electrons. The van der Waals surface area contributed by atoms with Crippen molar-refractivity contribution in [2.24, 2.45) is 0 Å². The van der Waals surface area contributed by atoms with Crippen molar-refractivity contribution < 1.29 is 24.2 Å². The summed E-state index contributed by atoms with van der Waals surface area (Å²) < 4.78 is 10.8. The number of carbonyl (C=O) groups excluding carboxylic acids is 2. The monoisotopic (exact) mass is 1030 g/mol. The number of rotatable bonds is 65. The Morgan fingerprint density at radius 3 is 0.603 bits per heavy atom. The van der Waals surface area contributed by atoms with Gasteiger partial charge in [0.25, 0.3) is 0 Å². The third-order valence-electron chi connectivity index (χ3n) is 16.2. The number of ether oxygens (including phenoxy) is 2. The van der Waals surface area contributed by atoms with Gasteiger partial charge in [-0.2, -0.15) is 0 Å². The van der Waals surface area contributed by atoms with E-state index in [9.17, 15) is 14.7 Å². The van der Waals surface area contributed by atoms with Crippen LogP contribution in [0.2, 0.25) is 0 Å². The van der Waals surface area contributed by atoms with Crippen LogP contribution in [0.25, 0.3) is 0 Å². The molecule has 0 aliphatic heterocycles. The fraction of sp³-hybridized carbons (Fsp3) is 0.971. The molecule has 0 rings (SSSR count). The van der Waals surface area contributed by atoms with Crippen LogP contribution < -0.4 is 0 Å². The fourth-order valence-electron chi connectivity index (χ4n) is 11.0. The highest BCUT2D eigenvalue weighted by molar-refractivity contribution is 5.70. The molecule has 0 fully saturated rings. The first-order valence-electron chi connectivity index (χ1n) is 34.1.